The number of carbonyl (C=O) groups is 1. The van der Waals surface area contributed by atoms with Crippen LogP contribution in [0.2, 0.25) is 10.0 Å². The molecular formula is C19H17Cl2N3O3. The van der Waals surface area contributed by atoms with Crippen molar-refractivity contribution in [2.24, 2.45) is 0 Å². The third kappa shape index (κ3) is 4.23. The normalized spacial score (nSPS) is 10.8. The second-order valence-corrected chi connectivity index (χ2v) is 6.86. The van der Waals surface area contributed by atoms with Crippen LogP contribution in [0, 0.1) is 0 Å². The summed E-state index contributed by atoms with van der Waals surface area (Å²) in [6, 6.07) is 10.9. The Morgan fingerprint density at radius 1 is 1.15 bits per heavy atom. The lowest BCUT2D eigenvalue weighted by Crippen LogP contribution is -2.26. The Hall–Kier alpha value is -2.57. The predicted molar refractivity (Wildman–Crippen MR) is 103 cm³/mol. The average Bonchev–Trinajstić information content (AvgIpc) is 3.15. The number of carbonyl (C=O) groups excluding carboxylic acids is 1. The zero-order valence-corrected chi connectivity index (χ0v) is 16.3. The number of nitrogens with zero attached hydrogens (tertiary/aromatic N) is 3. The van der Waals surface area contributed by atoms with Gasteiger partial charge < -0.3 is 14.5 Å². The van der Waals surface area contributed by atoms with Gasteiger partial charge in [-0.05, 0) is 29.7 Å². The summed E-state index contributed by atoms with van der Waals surface area (Å²) in [5.74, 6) is -0.610. The van der Waals surface area contributed by atoms with E-state index >= 15 is 0 Å². The van der Waals surface area contributed by atoms with E-state index in [-0.39, 0.29) is 27.5 Å². The smallest absolute Gasteiger partial charge is 0.316 e. The quantitative estimate of drug-likeness (QED) is 0.671. The van der Waals surface area contributed by atoms with Gasteiger partial charge in [-0.15, -0.1) is 0 Å². The van der Waals surface area contributed by atoms with Crippen LogP contribution in [0.4, 0.5) is 0 Å². The minimum Gasteiger partial charge on any atom is -0.505 e. The summed E-state index contributed by atoms with van der Waals surface area (Å²) in [5.41, 5.74) is 2.67. The van der Waals surface area contributed by atoms with Crippen LogP contribution >= 0.6 is 23.2 Å². The number of benzene rings is 2. The highest BCUT2D eigenvalue weighted by atomic mass is 35.5. The monoisotopic (exact) mass is 405 g/mol. The maximum atomic E-state index is 12.5. The zero-order valence-electron chi connectivity index (χ0n) is 14.7. The van der Waals surface area contributed by atoms with Crippen molar-refractivity contribution >= 4 is 29.1 Å². The summed E-state index contributed by atoms with van der Waals surface area (Å²) in [7, 11) is 1.66. The van der Waals surface area contributed by atoms with Crippen LogP contribution in [-0.4, -0.2) is 33.1 Å². The topological polar surface area (TPSA) is 79.5 Å². The summed E-state index contributed by atoms with van der Waals surface area (Å²) < 4.78 is 5.09. The predicted octanol–water partition coefficient (Wildman–Crippen LogP) is 4.58. The van der Waals surface area contributed by atoms with Crippen LogP contribution in [0.15, 0.2) is 40.9 Å². The molecule has 1 heterocycles. The lowest BCUT2D eigenvalue weighted by atomic mass is 10.1. The molecule has 140 valence electrons. The number of amides is 1. The summed E-state index contributed by atoms with van der Waals surface area (Å²) in [4.78, 5) is 18.2. The van der Waals surface area contributed by atoms with E-state index in [1.54, 1.807) is 7.05 Å². The van der Waals surface area contributed by atoms with Crippen LogP contribution < -0.4 is 0 Å². The average molecular weight is 406 g/mol. The van der Waals surface area contributed by atoms with E-state index in [0.717, 1.165) is 12.0 Å². The molecule has 2 aromatic carbocycles. The largest absolute Gasteiger partial charge is 0.505 e. The van der Waals surface area contributed by atoms with Crippen molar-refractivity contribution in [3.8, 4) is 17.1 Å². The molecule has 0 aliphatic carbocycles. The molecule has 1 N–H and O–H groups in total. The fourth-order valence-corrected chi connectivity index (χ4v) is 3.00. The molecule has 0 aliphatic heterocycles. The van der Waals surface area contributed by atoms with E-state index in [1.165, 1.54) is 22.6 Å². The third-order valence-electron chi connectivity index (χ3n) is 4.08. The Balaban J connectivity index is 1.75. The highest BCUT2D eigenvalue weighted by Crippen LogP contribution is 2.35. The van der Waals surface area contributed by atoms with Crippen molar-refractivity contribution in [2.75, 3.05) is 7.05 Å². The number of hydrogen-bond acceptors (Lipinski definition) is 5. The van der Waals surface area contributed by atoms with Gasteiger partial charge >= 0.3 is 11.8 Å². The first-order valence-corrected chi connectivity index (χ1v) is 9.00. The van der Waals surface area contributed by atoms with E-state index in [4.69, 9.17) is 27.7 Å². The summed E-state index contributed by atoms with van der Waals surface area (Å²) in [5, 5.41) is 13.5. The lowest BCUT2D eigenvalue weighted by Gasteiger charge is -2.15. The molecule has 0 fully saturated rings. The molecule has 8 heteroatoms. The first kappa shape index (κ1) is 19.2. The van der Waals surface area contributed by atoms with Gasteiger partial charge in [0.25, 0.3) is 0 Å². The maximum absolute atomic E-state index is 12.5. The Bertz CT molecular complexity index is 948. The molecule has 0 saturated heterocycles. The van der Waals surface area contributed by atoms with Crippen LogP contribution in [0.5, 0.6) is 5.75 Å². The fourth-order valence-electron chi connectivity index (χ4n) is 2.51. The van der Waals surface area contributed by atoms with Crippen LogP contribution in [-0.2, 0) is 13.0 Å². The number of halogens is 2. The van der Waals surface area contributed by atoms with E-state index in [0.29, 0.717) is 12.1 Å². The summed E-state index contributed by atoms with van der Waals surface area (Å²) in [6.07, 6.45) is 0.963. The van der Waals surface area contributed by atoms with Crippen molar-refractivity contribution in [2.45, 2.75) is 19.9 Å². The number of aromatic hydroxyl groups is 1. The van der Waals surface area contributed by atoms with Crippen molar-refractivity contribution in [1.29, 1.82) is 0 Å². The van der Waals surface area contributed by atoms with Gasteiger partial charge in [0.1, 0.15) is 0 Å². The molecule has 6 nitrogen and oxygen atoms in total. The molecule has 0 saturated carbocycles. The van der Waals surface area contributed by atoms with Gasteiger partial charge in [0.2, 0.25) is 5.82 Å². The van der Waals surface area contributed by atoms with Gasteiger partial charge in [-0.2, -0.15) is 4.98 Å². The Morgan fingerprint density at radius 2 is 1.74 bits per heavy atom. The maximum Gasteiger partial charge on any atom is 0.316 e. The molecule has 0 aliphatic rings. The summed E-state index contributed by atoms with van der Waals surface area (Å²) >= 11 is 11.8. The van der Waals surface area contributed by atoms with E-state index in [9.17, 15) is 9.90 Å². The number of phenols is 1. The van der Waals surface area contributed by atoms with Crippen LogP contribution in [0.25, 0.3) is 11.4 Å². The second kappa shape index (κ2) is 7.98. The molecule has 3 aromatic rings. The third-order valence-corrected chi connectivity index (χ3v) is 4.66. The van der Waals surface area contributed by atoms with Crippen molar-refractivity contribution < 1.29 is 14.4 Å². The molecule has 0 bridgehead atoms. The molecule has 0 radical (unpaired) electrons. The van der Waals surface area contributed by atoms with Gasteiger partial charge in [0.05, 0.1) is 10.0 Å². The second-order valence-electron chi connectivity index (χ2n) is 6.04. The fraction of sp³-hybridized carbons (Fsp3) is 0.211. The highest BCUT2D eigenvalue weighted by molar-refractivity contribution is 6.37. The molecule has 1 aromatic heterocycles. The molecule has 0 atom stereocenters. The van der Waals surface area contributed by atoms with Gasteiger partial charge in [0.15, 0.2) is 5.75 Å². The van der Waals surface area contributed by atoms with E-state index < -0.39 is 5.91 Å². The van der Waals surface area contributed by atoms with Crippen molar-refractivity contribution in [1.82, 2.24) is 15.0 Å². The number of phenolic OH excluding ortho intramolecular Hbond substituents is 1. The van der Waals surface area contributed by atoms with Gasteiger partial charge in [-0.3, -0.25) is 4.79 Å². The van der Waals surface area contributed by atoms with Crippen molar-refractivity contribution in [3.63, 3.8) is 0 Å². The number of hydrogen-bond donors (Lipinski definition) is 1. The molecule has 1 amide bonds. The minimum atomic E-state index is -0.399. The van der Waals surface area contributed by atoms with E-state index in [1.807, 2.05) is 24.3 Å². The zero-order chi connectivity index (χ0) is 19.6. The van der Waals surface area contributed by atoms with Crippen LogP contribution in [0.1, 0.15) is 28.7 Å². The van der Waals surface area contributed by atoms with E-state index in [2.05, 4.69) is 17.1 Å². The molecular weight excluding hydrogens is 389 g/mol. The standard InChI is InChI=1S/C19H17Cl2N3O3/c1-3-11-4-6-12(7-5-11)10-24(2)19(26)18-22-17(23-27-18)13-8-14(20)16(25)15(21)9-13/h4-9,25H,3,10H2,1-2H3. The summed E-state index contributed by atoms with van der Waals surface area (Å²) in [6.45, 7) is 2.50. The first-order valence-electron chi connectivity index (χ1n) is 8.24. The molecule has 0 spiro atoms. The van der Waals surface area contributed by atoms with Crippen molar-refractivity contribution in [3.05, 3.63) is 63.5 Å². The highest BCUT2D eigenvalue weighted by Gasteiger charge is 2.21. The van der Waals surface area contributed by atoms with Gasteiger partial charge in [-0.1, -0.05) is 59.5 Å². The lowest BCUT2D eigenvalue weighted by molar-refractivity contribution is 0.0735. The Kier molecular flexibility index (Phi) is 5.68. The Labute approximate surface area is 166 Å². The Morgan fingerprint density at radius 3 is 2.33 bits per heavy atom. The SMILES string of the molecule is CCc1ccc(CN(C)C(=O)c2nc(-c3cc(Cl)c(O)c(Cl)c3)no2)cc1. The molecule has 27 heavy (non-hydrogen) atoms. The van der Waals surface area contributed by atoms with Crippen LogP contribution in [0.3, 0.4) is 0 Å². The number of aromatic nitrogens is 2. The van der Waals surface area contributed by atoms with Gasteiger partial charge in [0, 0.05) is 19.2 Å². The van der Waals surface area contributed by atoms with Gasteiger partial charge in [-0.25, -0.2) is 0 Å². The first-order chi connectivity index (χ1) is 12.9. The molecule has 0 unspecified atom stereocenters. The number of aryl methyl sites for hydroxylation is 1. The molecule has 3 rings (SSSR count). The number of rotatable bonds is 5. The minimum absolute atomic E-state index is 0.0582.